The van der Waals surface area contributed by atoms with Gasteiger partial charge in [-0.25, -0.2) is 0 Å². The highest BCUT2D eigenvalue weighted by Crippen LogP contribution is 2.25. The van der Waals surface area contributed by atoms with Crippen molar-refractivity contribution in [3.8, 4) is 0 Å². The van der Waals surface area contributed by atoms with Gasteiger partial charge in [0.05, 0.1) is 0 Å². The van der Waals surface area contributed by atoms with Crippen molar-refractivity contribution in [3.05, 3.63) is 60.8 Å². The Hall–Kier alpha value is -5.14. The number of rotatable bonds is 103. The molecular weight excluding hydrogens is 1900 g/mol. The van der Waals surface area contributed by atoms with Gasteiger partial charge in [-0.1, -0.05) is 370 Å². The summed E-state index contributed by atoms with van der Waals surface area (Å²) < 4.78 is 33.9. The third-order valence-corrected chi connectivity index (χ3v) is 28.8. The molecule has 0 saturated heterocycles. The molecule has 0 aromatic rings. The van der Waals surface area contributed by atoms with Gasteiger partial charge < -0.3 is 57.8 Å². The number of nitrogens with zero attached hydrogens (tertiary/aromatic N) is 6. The van der Waals surface area contributed by atoms with Crippen LogP contribution in [-0.2, 0) is 57.2 Å². The van der Waals surface area contributed by atoms with Gasteiger partial charge in [0.25, 0.3) is 15.7 Å². The first-order valence-electron chi connectivity index (χ1n) is 60.5. The van der Waals surface area contributed by atoms with Crippen molar-refractivity contribution in [1.82, 2.24) is 29.4 Å². The molecule has 0 fully saturated rings. The fourth-order valence-electron chi connectivity index (χ4n) is 16.7. The Balaban J connectivity index is -0.00000212. The molecule has 24 heteroatoms. The van der Waals surface area contributed by atoms with Crippen LogP contribution in [0.1, 0.15) is 518 Å². The third-order valence-electron chi connectivity index (χ3n) is 26.1. The van der Waals surface area contributed by atoms with Crippen LogP contribution in [0.3, 0.4) is 0 Å². The first-order chi connectivity index (χ1) is 71.5. The van der Waals surface area contributed by atoms with Gasteiger partial charge in [-0.3, -0.25) is 43.2 Å². The van der Waals surface area contributed by atoms with E-state index in [1.54, 1.807) is 0 Å². The second kappa shape index (κ2) is 116. The zero-order chi connectivity index (χ0) is 109. The molecule has 0 radical (unpaired) electrons. The molecule has 0 bridgehead atoms. The highest BCUT2D eigenvalue weighted by atomic mass is 32.2. The molecular formula is C123H230N6O15S3. The highest BCUT2D eigenvalue weighted by molar-refractivity contribution is 8.14. The van der Waals surface area contributed by atoms with Crippen LogP contribution in [0.2, 0.25) is 0 Å². The number of amides is 3. The Labute approximate surface area is 917 Å². The molecule has 21 nitrogen and oxygen atoms in total. The second-order valence-electron chi connectivity index (χ2n) is 41.4. The smallest absolute Gasteiger partial charge is 0.306 e. The van der Waals surface area contributed by atoms with Gasteiger partial charge >= 0.3 is 35.8 Å². The fraction of sp³-hybridized carbons (Fsp3) is 0.846. The van der Waals surface area contributed by atoms with Crippen molar-refractivity contribution in [2.75, 3.05) is 138 Å². The standard InChI is InChI=1S/C43H82N2O5S.C41H74N2O5S.C39H74N2O5S/c1-6-9-12-15-18-21-30-38-49-41(46)33-26-22-28-35-45(43(48)51-39-37-44(4)5)36-29-23-27-34-42(47)50-40(31-24-19-16-13-10-7-2)32-25-20-17-14-11-8-3;1-6-9-12-15-16-19-28-36-47-39(44)31-24-20-26-33-43(41(46)49-37-35-42(4)5)34-27-21-25-32-40(45)48-38(29-22-17-13-10-7-2)30-23-18-14-11-8-3;1-6-9-12-15-16-17-26-34-45-37(42)29-22-18-24-31-41(39(44)47-35-33-40(4)5)32-25-19-23-30-38(43)46-36(27-20-13-10-7-2)28-21-14-11-8-3/h21,30,40H,6-20,22-29,31-39H2,1-5H3;13-14,17-19,28,38H,6-12,15-16,20-27,29-37H2,1-5H3;17,26,36H,6-16,18-25,27-35H2,1-5H3/b30-21-;17-13+,18-14+,28-19-;26-17-. The Bertz CT molecular complexity index is 3090. The average Bonchev–Trinajstić information content (AvgIpc) is 0.947. The van der Waals surface area contributed by atoms with E-state index in [0.717, 1.165) is 274 Å². The molecule has 0 atom stereocenters. The average molecular weight is 2130 g/mol. The monoisotopic (exact) mass is 2130 g/mol. The van der Waals surface area contributed by atoms with E-state index < -0.39 is 0 Å². The predicted octanol–water partition coefficient (Wildman–Crippen LogP) is 34.1. The minimum absolute atomic E-state index is 0.0406. The predicted molar refractivity (Wildman–Crippen MR) is 631 cm³/mol. The molecule has 0 heterocycles. The molecule has 0 aliphatic rings. The maximum absolute atomic E-state index is 13.1. The van der Waals surface area contributed by atoms with Gasteiger partial charge in [-0.15, -0.1) is 0 Å². The molecule has 0 N–H and O–H groups in total. The van der Waals surface area contributed by atoms with Crippen LogP contribution in [0.25, 0.3) is 0 Å². The Morgan fingerprint density at radius 2 is 0.395 bits per heavy atom. The van der Waals surface area contributed by atoms with E-state index in [1.807, 2.05) is 75.2 Å². The van der Waals surface area contributed by atoms with E-state index in [9.17, 15) is 43.2 Å². The maximum atomic E-state index is 13.1. The summed E-state index contributed by atoms with van der Waals surface area (Å²) in [5.41, 5.74) is 0. The van der Waals surface area contributed by atoms with Crippen LogP contribution in [0.15, 0.2) is 60.8 Å². The summed E-state index contributed by atoms with van der Waals surface area (Å²) in [5.74, 6) is 1.63. The fourth-order valence-corrected chi connectivity index (χ4v) is 19.6. The first-order valence-corrected chi connectivity index (χ1v) is 63.5. The molecule has 0 aliphatic heterocycles. The zero-order valence-corrected chi connectivity index (χ0v) is 100. The van der Waals surface area contributed by atoms with Gasteiger partial charge in [-0.2, -0.15) is 0 Å². The lowest BCUT2D eigenvalue weighted by Gasteiger charge is -2.23. The molecule has 860 valence electrons. The van der Waals surface area contributed by atoms with Crippen LogP contribution in [0.5, 0.6) is 0 Å². The normalized spacial score (nSPS) is 11.7. The lowest BCUT2D eigenvalue weighted by Crippen LogP contribution is -2.31. The minimum atomic E-state index is -0.153. The van der Waals surface area contributed by atoms with Crippen LogP contribution in [-0.4, -0.2) is 238 Å². The van der Waals surface area contributed by atoms with E-state index in [-0.39, 0.29) is 69.8 Å². The lowest BCUT2D eigenvalue weighted by atomic mass is 10.0. The van der Waals surface area contributed by atoms with Gasteiger partial charge in [-0.05, 0) is 248 Å². The zero-order valence-electron chi connectivity index (χ0n) is 97.8. The van der Waals surface area contributed by atoms with Gasteiger partial charge in [0.15, 0.2) is 0 Å². The molecule has 0 aromatic carbocycles. The molecule has 0 aliphatic carbocycles. The molecule has 0 rings (SSSR count). The van der Waals surface area contributed by atoms with Crippen molar-refractivity contribution < 1.29 is 71.6 Å². The highest BCUT2D eigenvalue weighted by Gasteiger charge is 2.22. The summed E-state index contributed by atoms with van der Waals surface area (Å²) in [4.78, 5) is 126. The third kappa shape index (κ3) is 110. The number of hydrogen-bond donors (Lipinski definition) is 0. The van der Waals surface area contributed by atoms with Crippen molar-refractivity contribution in [2.24, 2.45) is 0 Å². The van der Waals surface area contributed by atoms with Crippen LogP contribution in [0, 0.1) is 0 Å². The van der Waals surface area contributed by atoms with Crippen molar-refractivity contribution in [3.63, 3.8) is 0 Å². The van der Waals surface area contributed by atoms with Gasteiger partial charge in [0.1, 0.15) is 38.1 Å². The number of hydrogen-bond acceptors (Lipinski definition) is 21. The molecule has 0 spiro atoms. The van der Waals surface area contributed by atoms with E-state index in [1.165, 1.54) is 215 Å². The van der Waals surface area contributed by atoms with Crippen molar-refractivity contribution in [2.45, 2.75) is 537 Å². The van der Waals surface area contributed by atoms with Crippen LogP contribution >= 0.6 is 35.3 Å². The van der Waals surface area contributed by atoms with Crippen molar-refractivity contribution in [1.29, 1.82) is 0 Å². The van der Waals surface area contributed by atoms with E-state index in [4.69, 9.17) is 28.4 Å². The number of thioether (sulfide) groups is 3. The quantitative estimate of drug-likeness (QED) is 0.0238. The maximum Gasteiger partial charge on any atom is 0.306 e. The number of ether oxygens (including phenoxy) is 6. The van der Waals surface area contributed by atoms with Gasteiger partial charge in [0, 0.05) is 115 Å². The number of unbranched alkanes of at least 4 members (excludes halogenated alkanes) is 42. The summed E-state index contributed by atoms with van der Waals surface area (Å²) in [7, 11) is 12.1. The summed E-state index contributed by atoms with van der Waals surface area (Å²) >= 11 is 4.15. The molecule has 0 unspecified atom stereocenters. The van der Waals surface area contributed by atoms with E-state index >= 15 is 0 Å². The number of carbonyl (C=O) groups is 9. The second-order valence-corrected chi connectivity index (χ2v) is 44.5. The summed E-state index contributed by atoms with van der Waals surface area (Å²) in [6, 6.07) is 0. The van der Waals surface area contributed by atoms with Crippen molar-refractivity contribution >= 4 is 86.8 Å². The summed E-state index contributed by atoms with van der Waals surface area (Å²) in [6.07, 6.45) is 93.8. The molecule has 0 saturated carbocycles. The largest absolute Gasteiger partial charge is 0.462 e. The Morgan fingerprint density at radius 1 is 0.197 bits per heavy atom. The van der Waals surface area contributed by atoms with E-state index in [2.05, 4.69) is 120 Å². The Kier molecular flexibility index (Phi) is 116. The first kappa shape index (κ1) is 146. The molecule has 0 aromatic heterocycles. The molecule has 3 amide bonds. The number of carbonyl (C=O) groups excluding carboxylic acids is 9. The minimum Gasteiger partial charge on any atom is -0.462 e. The number of allylic oxidation sites excluding steroid dienone is 7. The van der Waals surface area contributed by atoms with Crippen LogP contribution in [0.4, 0.5) is 14.4 Å². The van der Waals surface area contributed by atoms with E-state index in [0.29, 0.717) is 97.6 Å². The Morgan fingerprint density at radius 3 is 0.633 bits per heavy atom. The summed E-state index contributed by atoms with van der Waals surface area (Å²) in [5, 5.41) is 0.372. The lowest BCUT2D eigenvalue weighted by molar-refractivity contribution is -0.151. The summed E-state index contributed by atoms with van der Waals surface area (Å²) in [6.45, 7) is 27.8. The van der Waals surface area contributed by atoms with Crippen LogP contribution < -0.4 is 0 Å². The SMILES string of the molecule is CCC/C=C/CCC(CC/C=C/CCC)OC(=O)CCCCCN(CCCCCC(=O)OC/C=C\CCCCCC)C(=O)SCCN(C)C.CCCCCC/C=C\COC(=O)CCCCCN(CCCCCC(=O)OC(CCCCCC)CCCCCC)C(=O)SCCN(C)C.CCCCCC/C=C\COC(=O)CCCCCN(CCCCCC(=O)OC(CCCCCCCC)CCCCCCCC)C(=O)SCCN(C)C. The topological polar surface area (TPSA) is 228 Å². The van der Waals surface area contributed by atoms with Gasteiger partial charge in [0.2, 0.25) is 0 Å². The molecule has 147 heavy (non-hydrogen) atoms. The number of esters is 6.